The summed E-state index contributed by atoms with van der Waals surface area (Å²) in [4.78, 5) is 0. The molecule has 0 aromatic heterocycles. The van der Waals surface area contributed by atoms with Crippen LogP contribution < -0.4 is 0 Å². The maximum Gasteiger partial charge on any atom is 0.0767 e. The summed E-state index contributed by atoms with van der Waals surface area (Å²) in [5, 5.41) is 9.96. The van der Waals surface area contributed by atoms with E-state index in [1.807, 2.05) is 48.5 Å². The molecule has 0 N–H and O–H groups in total. The first-order valence-corrected chi connectivity index (χ1v) is 6.76. The smallest absolute Gasteiger partial charge is 0.0767 e. The standard InChI is InChI=1S/C15H11BrClN/c16-13-7-5-11(6-8-13)9-12(10-18)14-3-1-2-4-15(14)17/h1-8,12H,9H2. The van der Waals surface area contributed by atoms with E-state index in [2.05, 4.69) is 22.0 Å². The minimum absolute atomic E-state index is 0.208. The monoisotopic (exact) mass is 319 g/mol. The van der Waals surface area contributed by atoms with E-state index in [4.69, 9.17) is 11.6 Å². The van der Waals surface area contributed by atoms with Gasteiger partial charge in [0.15, 0.2) is 0 Å². The second-order valence-corrected chi connectivity index (χ2v) is 5.36. The molecule has 1 atom stereocenters. The number of halogens is 2. The lowest BCUT2D eigenvalue weighted by atomic mass is 9.93. The molecule has 0 aliphatic rings. The lowest BCUT2D eigenvalue weighted by molar-refractivity contribution is 0.849. The van der Waals surface area contributed by atoms with Crippen molar-refractivity contribution in [2.24, 2.45) is 0 Å². The number of nitriles is 1. The molecule has 0 amide bonds. The summed E-state index contributed by atoms with van der Waals surface area (Å²) in [5.41, 5.74) is 2.02. The molecule has 2 aromatic carbocycles. The van der Waals surface area contributed by atoms with E-state index >= 15 is 0 Å². The van der Waals surface area contributed by atoms with Crippen LogP contribution in [0.5, 0.6) is 0 Å². The van der Waals surface area contributed by atoms with Crippen LogP contribution in [0, 0.1) is 11.3 Å². The predicted molar refractivity (Wildman–Crippen MR) is 77.7 cm³/mol. The number of hydrogen-bond donors (Lipinski definition) is 0. The Bertz CT molecular complexity index is 572. The van der Waals surface area contributed by atoms with E-state index in [-0.39, 0.29) is 5.92 Å². The second-order valence-electron chi connectivity index (χ2n) is 4.03. The summed E-state index contributed by atoms with van der Waals surface area (Å²) in [6.07, 6.45) is 0.674. The molecule has 0 bridgehead atoms. The Labute approximate surface area is 120 Å². The van der Waals surface area contributed by atoms with Crippen molar-refractivity contribution in [2.45, 2.75) is 12.3 Å². The zero-order valence-corrected chi connectivity index (χ0v) is 11.9. The maximum absolute atomic E-state index is 9.30. The third-order valence-corrected chi connectivity index (χ3v) is 3.66. The topological polar surface area (TPSA) is 23.8 Å². The van der Waals surface area contributed by atoms with E-state index in [1.165, 1.54) is 0 Å². The van der Waals surface area contributed by atoms with Gasteiger partial charge in [0.2, 0.25) is 0 Å². The van der Waals surface area contributed by atoms with Crippen LogP contribution in [-0.4, -0.2) is 0 Å². The van der Waals surface area contributed by atoms with Gasteiger partial charge >= 0.3 is 0 Å². The first-order valence-electron chi connectivity index (χ1n) is 5.59. The molecule has 0 fully saturated rings. The molecule has 0 heterocycles. The van der Waals surface area contributed by atoms with E-state index in [9.17, 15) is 5.26 Å². The summed E-state index contributed by atoms with van der Waals surface area (Å²) in [6, 6.07) is 17.8. The van der Waals surface area contributed by atoms with Gasteiger partial charge in [-0.25, -0.2) is 0 Å². The van der Waals surface area contributed by atoms with Crippen molar-refractivity contribution in [1.29, 1.82) is 5.26 Å². The normalized spacial score (nSPS) is 11.8. The Balaban J connectivity index is 2.23. The molecule has 0 spiro atoms. The van der Waals surface area contributed by atoms with Gasteiger partial charge in [0, 0.05) is 9.50 Å². The first-order chi connectivity index (χ1) is 8.70. The molecule has 0 aliphatic carbocycles. The SMILES string of the molecule is N#CC(Cc1ccc(Br)cc1)c1ccccc1Cl. The molecule has 0 saturated heterocycles. The van der Waals surface area contributed by atoms with Gasteiger partial charge in [-0.1, -0.05) is 57.9 Å². The molecule has 0 saturated carbocycles. The largest absolute Gasteiger partial charge is 0.198 e. The van der Waals surface area contributed by atoms with Crippen LogP contribution in [0.3, 0.4) is 0 Å². The van der Waals surface area contributed by atoms with Crippen LogP contribution in [0.15, 0.2) is 53.0 Å². The third kappa shape index (κ3) is 3.13. The fourth-order valence-electron chi connectivity index (χ4n) is 1.84. The summed E-state index contributed by atoms with van der Waals surface area (Å²) >= 11 is 9.53. The van der Waals surface area contributed by atoms with E-state index < -0.39 is 0 Å². The highest BCUT2D eigenvalue weighted by Crippen LogP contribution is 2.27. The Morgan fingerprint density at radius 2 is 1.78 bits per heavy atom. The third-order valence-electron chi connectivity index (χ3n) is 2.79. The highest BCUT2D eigenvalue weighted by atomic mass is 79.9. The van der Waals surface area contributed by atoms with Crippen LogP contribution in [0.2, 0.25) is 5.02 Å². The second kappa shape index (κ2) is 6.04. The Morgan fingerprint density at radius 1 is 1.11 bits per heavy atom. The summed E-state index contributed by atoms with van der Waals surface area (Å²) in [6.45, 7) is 0. The van der Waals surface area contributed by atoms with Crippen molar-refractivity contribution in [3.8, 4) is 6.07 Å². The molecule has 0 aliphatic heterocycles. The molecule has 90 valence electrons. The van der Waals surface area contributed by atoms with Gasteiger partial charge in [-0.15, -0.1) is 0 Å². The first kappa shape index (κ1) is 13.1. The summed E-state index contributed by atoms with van der Waals surface area (Å²) < 4.78 is 1.04. The average Bonchev–Trinajstić information content (AvgIpc) is 2.39. The van der Waals surface area contributed by atoms with Gasteiger partial charge in [0.25, 0.3) is 0 Å². The van der Waals surface area contributed by atoms with Gasteiger partial charge in [-0.3, -0.25) is 0 Å². The summed E-state index contributed by atoms with van der Waals surface area (Å²) in [7, 11) is 0. The molecule has 18 heavy (non-hydrogen) atoms. The van der Waals surface area contributed by atoms with Gasteiger partial charge in [0.05, 0.1) is 12.0 Å². The van der Waals surface area contributed by atoms with Crippen molar-refractivity contribution in [3.63, 3.8) is 0 Å². The van der Waals surface area contributed by atoms with E-state index in [0.29, 0.717) is 11.4 Å². The van der Waals surface area contributed by atoms with Gasteiger partial charge < -0.3 is 0 Å². The number of hydrogen-bond acceptors (Lipinski definition) is 1. The van der Waals surface area contributed by atoms with E-state index in [1.54, 1.807) is 0 Å². The zero-order valence-electron chi connectivity index (χ0n) is 9.61. The maximum atomic E-state index is 9.30. The lowest BCUT2D eigenvalue weighted by Crippen LogP contribution is -2.01. The van der Waals surface area contributed by atoms with Crippen molar-refractivity contribution in [3.05, 3.63) is 69.2 Å². The molecule has 1 unspecified atom stereocenters. The molecule has 3 heteroatoms. The average molecular weight is 321 g/mol. The fraction of sp³-hybridized carbons (Fsp3) is 0.133. The van der Waals surface area contributed by atoms with Crippen LogP contribution in [0.4, 0.5) is 0 Å². The molecular formula is C15H11BrClN. The molecule has 2 aromatic rings. The van der Waals surface area contributed by atoms with Gasteiger partial charge in [0.1, 0.15) is 0 Å². The van der Waals surface area contributed by atoms with Crippen molar-refractivity contribution < 1.29 is 0 Å². The van der Waals surface area contributed by atoms with Crippen molar-refractivity contribution >= 4 is 27.5 Å². The van der Waals surface area contributed by atoms with Crippen LogP contribution >= 0.6 is 27.5 Å². The minimum atomic E-state index is -0.208. The number of nitrogens with zero attached hydrogens (tertiary/aromatic N) is 1. The van der Waals surface area contributed by atoms with Gasteiger partial charge in [-0.05, 0) is 35.7 Å². The van der Waals surface area contributed by atoms with Crippen LogP contribution in [0.25, 0.3) is 0 Å². The fourth-order valence-corrected chi connectivity index (χ4v) is 2.37. The van der Waals surface area contributed by atoms with E-state index in [0.717, 1.165) is 15.6 Å². The Morgan fingerprint density at radius 3 is 2.39 bits per heavy atom. The van der Waals surface area contributed by atoms with Crippen LogP contribution in [-0.2, 0) is 6.42 Å². The molecule has 1 nitrogen and oxygen atoms in total. The Hall–Kier alpha value is -1.30. The minimum Gasteiger partial charge on any atom is -0.198 e. The van der Waals surface area contributed by atoms with Gasteiger partial charge in [-0.2, -0.15) is 5.26 Å². The predicted octanol–water partition coefficient (Wildman–Crippen LogP) is 4.95. The molecule has 2 rings (SSSR count). The summed E-state index contributed by atoms with van der Waals surface area (Å²) in [5.74, 6) is -0.208. The number of rotatable bonds is 3. The quantitative estimate of drug-likeness (QED) is 0.784. The molecular weight excluding hydrogens is 310 g/mol. The zero-order chi connectivity index (χ0) is 13.0. The van der Waals surface area contributed by atoms with Crippen molar-refractivity contribution in [1.82, 2.24) is 0 Å². The highest BCUT2D eigenvalue weighted by Gasteiger charge is 2.14. The van der Waals surface area contributed by atoms with Crippen LogP contribution in [0.1, 0.15) is 17.0 Å². The van der Waals surface area contributed by atoms with Crippen molar-refractivity contribution in [2.75, 3.05) is 0 Å². The molecule has 0 radical (unpaired) electrons. The highest BCUT2D eigenvalue weighted by molar-refractivity contribution is 9.10. The number of benzene rings is 2. The lowest BCUT2D eigenvalue weighted by Gasteiger charge is -2.11. The Kier molecular flexibility index (Phi) is 4.41.